The van der Waals surface area contributed by atoms with Crippen LogP contribution >= 0.6 is 11.6 Å². The number of nitrogens with one attached hydrogen (secondary N) is 2. The maximum atomic E-state index is 12.4. The van der Waals surface area contributed by atoms with Gasteiger partial charge in [-0.15, -0.1) is 0 Å². The largest absolute Gasteiger partial charge is 0.454 e. The molecule has 0 unspecified atom stereocenters. The Morgan fingerprint density at radius 2 is 2.04 bits per heavy atom. The van der Waals surface area contributed by atoms with Crippen molar-refractivity contribution in [3.8, 4) is 0 Å². The molecule has 0 bridgehead atoms. The molecule has 1 aromatic carbocycles. The van der Waals surface area contributed by atoms with Gasteiger partial charge in [0, 0.05) is 11.6 Å². The fraction of sp³-hybridized carbons (Fsp3) is 0.444. The highest BCUT2D eigenvalue weighted by Gasteiger charge is 2.56. The van der Waals surface area contributed by atoms with Gasteiger partial charge in [0.2, 0.25) is 0 Å². The molecule has 1 aliphatic heterocycles. The topological polar surface area (TPSA) is 105 Å². The third-order valence-corrected chi connectivity index (χ3v) is 5.15. The molecule has 144 valence electrons. The van der Waals surface area contributed by atoms with E-state index >= 15 is 0 Å². The van der Waals surface area contributed by atoms with Crippen molar-refractivity contribution < 1.29 is 23.9 Å². The van der Waals surface area contributed by atoms with Gasteiger partial charge in [-0.3, -0.25) is 19.3 Å². The summed E-state index contributed by atoms with van der Waals surface area (Å²) in [6.07, 6.45) is 1.73. The lowest BCUT2D eigenvalue weighted by Gasteiger charge is -2.20. The molecule has 9 heteroatoms. The van der Waals surface area contributed by atoms with Crippen LogP contribution in [0.5, 0.6) is 0 Å². The molecule has 1 saturated carbocycles. The minimum atomic E-state index is -0.955. The molecule has 0 spiro atoms. The fourth-order valence-corrected chi connectivity index (χ4v) is 3.21. The average Bonchev–Trinajstić information content (AvgIpc) is 3.45. The number of esters is 1. The summed E-state index contributed by atoms with van der Waals surface area (Å²) < 4.78 is 4.87. The van der Waals surface area contributed by atoms with Crippen LogP contribution < -0.4 is 10.6 Å². The summed E-state index contributed by atoms with van der Waals surface area (Å²) in [5.41, 5.74) is -0.221. The predicted octanol–water partition coefficient (Wildman–Crippen LogP) is 1.22. The van der Waals surface area contributed by atoms with E-state index in [1.54, 1.807) is 31.2 Å². The summed E-state index contributed by atoms with van der Waals surface area (Å²) >= 11 is 6.00. The SMILES string of the molecule is C[C@@]1(C2CC2)NC(=O)N(CC(=O)OCC(=O)NCc2ccccc2Cl)C1=O. The monoisotopic (exact) mass is 393 g/mol. The molecule has 1 aromatic rings. The lowest BCUT2D eigenvalue weighted by atomic mass is 9.96. The number of halogens is 1. The maximum absolute atomic E-state index is 12.4. The van der Waals surface area contributed by atoms with Crippen LogP contribution in [0, 0.1) is 5.92 Å². The van der Waals surface area contributed by atoms with E-state index in [2.05, 4.69) is 10.6 Å². The number of rotatable bonds is 7. The minimum absolute atomic E-state index is 0.102. The highest BCUT2D eigenvalue weighted by atomic mass is 35.5. The molecule has 4 amide bonds. The number of carbonyl (C=O) groups excluding carboxylic acids is 4. The fourth-order valence-electron chi connectivity index (χ4n) is 3.00. The van der Waals surface area contributed by atoms with Crippen molar-refractivity contribution in [2.45, 2.75) is 31.8 Å². The van der Waals surface area contributed by atoms with Gasteiger partial charge in [-0.2, -0.15) is 0 Å². The van der Waals surface area contributed by atoms with Gasteiger partial charge >= 0.3 is 12.0 Å². The van der Waals surface area contributed by atoms with E-state index in [4.69, 9.17) is 16.3 Å². The number of benzene rings is 1. The first-order chi connectivity index (χ1) is 12.8. The van der Waals surface area contributed by atoms with Crippen molar-refractivity contribution in [2.75, 3.05) is 13.2 Å². The second-order valence-electron chi connectivity index (χ2n) is 6.83. The van der Waals surface area contributed by atoms with E-state index in [0.29, 0.717) is 5.02 Å². The zero-order chi connectivity index (χ0) is 19.6. The zero-order valence-electron chi connectivity index (χ0n) is 14.8. The van der Waals surface area contributed by atoms with Crippen molar-refractivity contribution in [3.05, 3.63) is 34.9 Å². The van der Waals surface area contributed by atoms with Crippen LogP contribution in [0.1, 0.15) is 25.3 Å². The predicted molar refractivity (Wildman–Crippen MR) is 95.6 cm³/mol. The second-order valence-corrected chi connectivity index (χ2v) is 7.23. The first kappa shape index (κ1) is 19.2. The van der Waals surface area contributed by atoms with Crippen LogP contribution in [-0.2, 0) is 25.7 Å². The molecular formula is C18H20ClN3O5. The smallest absolute Gasteiger partial charge is 0.326 e. The van der Waals surface area contributed by atoms with E-state index in [1.807, 2.05) is 0 Å². The van der Waals surface area contributed by atoms with Crippen molar-refractivity contribution >= 4 is 35.4 Å². The first-order valence-electron chi connectivity index (χ1n) is 8.61. The Balaban J connectivity index is 1.44. The zero-order valence-corrected chi connectivity index (χ0v) is 15.5. The number of nitrogens with zero attached hydrogens (tertiary/aromatic N) is 1. The van der Waals surface area contributed by atoms with Crippen LogP contribution in [-0.4, -0.2) is 47.4 Å². The molecule has 8 nitrogen and oxygen atoms in total. The third-order valence-electron chi connectivity index (χ3n) is 4.78. The average molecular weight is 394 g/mol. The summed E-state index contributed by atoms with van der Waals surface area (Å²) in [4.78, 5) is 49.0. The Bertz CT molecular complexity index is 795. The summed E-state index contributed by atoms with van der Waals surface area (Å²) in [7, 11) is 0. The maximum Gasteiger partial charge on any atom is 0.326 e. The molecule has 0 aromatic heterocycles. The summed E-state index contributed by atoms with van der Waals surface area (Å²) in [6, 6.07) is 6.43. The molecule has 3 rings (SSSR count). The van der Waals surface area contributed by atoms with E-state index < -0.39 is 42.5 Å². The molecule has 2 aliphatic rings. The van der Waals surface area contributed by atoms with Gasteiger partial charge in [0.25, 0.3) is 11.8 Å². The van der Waals surface area contributed by atoms with Gasteiger partial charge in [-0.1, -0.05) is 29.8 Å². The normalized spacial score (nSPS) is 21.8. The Morgan fingerprint density at radius 1 is 1.33 bits per heavy atom. The Kier molecular flexibility index (Phi) is 5.36. The highest BCUT2D eigenvalue weighted by Crippen LogP contribution is 2.42. The van der Waals surface area contributed by atoms with E-state index in [-0.39, 0.29) is 12.5 Å². The summed E-state index contributed by atoms with van der Waals surface area (Å²) in [5.74, 6) is -1.67. The van der Waals surface area contributed by atoms with E-state index in [9.17, 15) is 19.2 Å². The lowest BCUT2D eigenvalue weighted by molar-refractivity contribution is -0.151. The van der Waals surface area contributed by atoms with Gasteiger partial charge in [0.05, 0.1) is 0 Å². The third kappa shape index (κ3) is 4.21. The summed E-state index contributed by atoms with van der Waals surface area (Å²) in [6.45, 7) is 0.832. The number of urea groups is 1. The molecule has 1 atom stereocenters. The highest BCUT2D eigenvalue weighted by molar-refractivity contribution is 6.31. The van der Waals surface area contributed by atoms with Crippen LogP contribution in [0.2, 0.25) is 5.02 Å². The number of hydrogen-bond donors (Lipinski definition) is 2. The van der Waals surface area contributed by atoms with E-state index in [0.717, 1.165) is 23.3 Å². The second kappa shape index (κ2) is 7.56. The molecule has 0 radical (unpaired) electrons. The molecule has 1 aliphatic carbocycles. The van der Waals surface area contributed by atoms with Gasteiger partial charge in [0.15, 0.2) is 6.61 Å². The van der Waals surface area contributed by atoms with Crippen molar-refractivity contribution in [1.82, 2.24) is 15.5 Å². The number of hydrogen-bond acceptors (Lipinski definition) is 5. The van der Waals surface area contributed by atoms with E-state index in [1.165, 1.54) is 0 Å². The molecule has 1 saturated heterocycles. The number of ether oxygens (including phenoxy) is 1. The minimum Gasteiger partial charge on any atom is -0.454 e. The lowest BCUT2D eigenvalue weighted by Crippen LogP contribution is -2.46. The molecular weight excluding hydrogens is 374 g/mol. The first-order valence-corrected chi connectivity index (χ1v) is 8.99. The standard InChI is InChI=1S/C18H20ClN3O5/c1-18(12-6-7-12)16(25)22(17(26)21-18)9-15(24)27-10-14(23)20-8-11-4-2-3-5-13(11)19/h2-5,12H,6-10H2,1H3,(H,20,23)(H,21,26)/t18-/m0/s1. The number of carbonyl (C=O) groups is 4. The molecule has 2 fully saturated rings. The Hall–Kier alpha value is -2.61. The number of amides is 4. The van der Waals surface area contributed by atoms with Crippen molar-refractivity contribution in [1.29, 1.82) is 0 Å². The van der Waals surface area contributed by atoms with Gasteiger partial charge in [0.1, 0.15) is 12.1 Å². The molecule has 2 N–H and O–H groups in total. The Labute approximate surface area is 161 Å². The van der Waals surface area contributed by atoms with Crippen molar-refractivity contribution in [2.24, 2.45) is 5.92 Å². The van der Waals surface area contributed by atoms with Crippen LogP contribution in [0.15, 0.2) is 24.3 Å². The van der Waals surface area contributed by atoms with Crippen LogP contribution in [0.25, 0.3) is 0 Å². The Morgan fingerprint density at radius 3 is 2.70 bits per heavy atom. The quantitative estimate of drug-likeness (QED) is 0.535. The van der Waals surface area contributed by atoms with Gasteiger partial charge in [-0.05, 0) is 37.3 Å². The number of imide groups is 1. The molecule has 27 heavy (non-hydrogen) atoms. The summed E-state index contributed by atoms with van der Waals surface area (Å²) in [5, 5.41) is 5.75. The van der Waals surface area contributed by atoms with Gasteiger partial charge in [-0.25, -0.2) is 4.79 Å². The van der Waals surface area contributed by atoms with Crippen molar-refractivity contribution in [3.63, 3.8) is 0 Å². The van der Waals surface area contributed by atoms with Crippen LogP contribution in [0.4, 0.5) is 4.79 Å². The molecule has 1 heterocycles. The van der Waals surface area contributed by atoms with Gasteiger partial charge < -0.3 is 15.4 Å². The van der Waals surface area contributed by atoms with Crippen LogP contribution in [0.3, 0.4) is 0 Å².